The minimum absolute atomic E-state index is 0.248. The van der Waals surface area contributed by atoms with Crippen LogP contribution >= 0.6 is 22.6 Å². The van der Waals surface area contributed by atoms with Gasteiger partial charge >= 0.3 is 5.97 Å². The molecular formula is C23H20INO4. The molecule has 29 heavy (non-hydrogen) atoms. The van der Waals surface area contributed by atoms with Crippen molar-refractivity contribution in [1.82, 2.24) is 0 Å². The number of aromatic carboxylic acids is 1. The SMILES string of the molecule is COc1cc(C=Nc2ccc(C)cc2)cc(I)c1OCc1ccc(C(=O)O)cc1. The molecule has 0 radical (unpaired) electrons. The van der Waals surface area contributed by atoms with Gasteiger partial charge in [-0.2, -0.15) is 0 Å². The van der Waals surface area contributed by atoms with E-state index in [9.17, 15) is 4.79 Å². The van der Waals surface area contributed by atoms with Crippen LogP contribution in [-0.4, -0.2) is 24.4 Å². The van der Waals surface area contributed by atoms with Crippen LogP contribution in [0, 0.1) is 10.5 Å². The van der Waals surface area contributed by atoms with Gasteiger partial charge in [0.2, 0.25) is 0 Å². The van der Waals surface area contributed by atoms with E-state index in [2.05, 4.69) is 27.6 Å². The Morgan fingerprint density at radius 2 is 1.79 bits per heavy atom. The largest absolute Gasteiger partial charge is 0.493 e. The van der Waals surface area contributed by atoms with Crippen molar-refractivity contribution in [3.8, 4) is 11.5 Å². The van der Waals surface area contributed by atoms with Gasteiger partial charge in [0.15, 0.2) is 11.5 Å². The maximum absolute atomic E-state index is 11.0. The number of hydrogen-bond donors (Lipinski definition) is 1. The van der Waals surface area contributed by atoms with Crippen LogP contribution in [0.1, 0.15) is 27.0 Å². The van der Waals surface area contributed by atoms with Crippen LogP contribution in [0.3, 0.4) is 0 Å². The molecule has 0 heterocycles. The van der Waals surface area contributed by atoms with E-state index in [4.69, 9.17) is 14.6 Å². The number of methoxy groups -OCH3 is 1. The van der Waals surface area contributed by atoms with Crippen molar-refractivity contribution >= 4 is 40.5 Å². The molecule has 3 aromatic rings. The van der Waals surface area contributed by atoms with Crippen molar-refractivity contribution in [1.29, 1.82) is 0 Å². The number of aryl methyl sites for hydroxylation is 1. The highest BCUT2D eigenvalue weighted by Crippen LogP contribution is 2.34. The van der Waals surface area contributed by atoms with E-state index < -0.39 is 5.97 Å². The number of benzene rings is 3. The summed E-state index contributed by atoms with van der Waals surface area (Å²) in [7, 11) is 1.60. The molecule has 5 nitrogen and oxygen atoms in total. The van der Waals surface area contributed by atoms with E-state index >= 15 is 0 Å². The number of hydrogen-bond acceptors (Lipinski definition) is 4. The number of rotatable bonds is 7. The second-order valence-electron chi connectivity index (χ2n) is 6.42. The Labute approximate surface area is 183 Å². The lowest BCUT2D eigenvalue weighted by Gasteiger charge is -2.13. The molecule has 0 aliphatic carbocycles. The first-order valence-corrected chi connectivity index (χ1v) is 9.97. The average molecular weight is 501 g/mol. The Kier molecular flexibility index (Phi) is 6.87. The molecule has 148 valence electrons. The van der Waals surface area contributed by atoms with E-state index in [1.807, 2.05) is 43.3 Å². The summed E-state index contributed by atoms with van der Waals surface area (Å²) in [4.78, 5) is 15.5. The van der Waals surface area contributed by atoms with Crippen LogP contribution < -0.4 is 9.47 Å². The first-order chi connectivity index (χ1) is 14.0. The second kappa shape index (κ2) is 9.56. The third kappa shape index (κ3) is 5.57. The van der Waals surface area contributed by atoms with Gasteiger partial charge in [-0.25, -0.2) is 4.79 Å². The summed E-state index contributed by atoms with van der Waals surface area (Å²) in [5.74, 6) is 0.309. The lowest BCUT2D eigenvalue weighted by molar-refractivity contribution is 0.0697. The summed E-state index contributed by atoms with van der Waals surface area (Å²) in [6.07, 6.45) is 1.80. The Morgan fingerprint density at radius 3 is 2.41 bits per heavy atom. The number of carbonyl (C=O) groups is 1. The molecule has 0 amide bonds. The number of carboxylic acid groups (broad SMARTS) is 1. The predicted octanol–water partition coefficient (Wildman–Crippen LogP) is 5.64. The minimum atomic E-state index is -0.948. The fourth-order valence-electron chi connectivity index (χ4n) is 2.63. The highest BCUT2D eigenvalue weighted by molar-refractivity contribution is 14.1. The summed E-state index contributed by atoms with van der Waals surface area (Å²) < 4.78 is 12.4. The van der Waals surface area contributed by atoms with Gasteiger partial charge in [-0.1, -0.05) is 29.8 Å². The van der Waals surface area contributed by atoms with E-state index in [0.717, 1.165) is 20.4 Å². The van der Waals surface area contributed by atoms with Crippen LogP contribution in [0.15, 0.2) is 65.7 Å². The minimum Gasteiger partial charge on any atom is -0.493 e. The monoisotopic (exact) mass is 501 g/mol. The predicted molar refractivity (Wildman–Crippen MR) is 122 cm³/mol. The fraction of sp³-hybridized carbons (Fsp3) is 0.130. The molecule has 0 unspecified atom stereocenters. The van der Waals surface area contributed by atoms with Gasteiger partial charge in [-0.05, 0) is 77.0 Å². The molecule has 0 spiro atoms. The standard InChI is InChI=1S/C23H20INO4/c1-15-3-9-19(10-4-15)25-13-17-11-20(24)22(21(12-17)28-2)29-14-16-5-7-18(8-6-16)23(26)27/h3-13H,14H2,1-2H3,(H,26,27). The molecule has 0 aliphatic heterocycles. The summed E-state index contributed by atoms with van der Waals surface area (Å²) in [5, 5.41) is 8.98. The van der Waals surface area contributed by atoms with Gasteiger partial charge in [0.05, 0.1) is 21.9 Å². The average Bonchev–Trinajstić information content (AvgIpc) is 2.72. The molecular weight excluding hydrogens is 481 g/mol. The third-order valence-electron chi connectivity index (χ3n) is 4.23. The van der Waals surface area contributed by atoms with E-state index in [1.54, 1.807) is 37.6 Å². The van der Waals surface area contributed by atoms with Crippen LogP contribution in [-0.2, 0) is 6.61 Å². The lowest BCUT2D eigenvalue weighted by Crippen LogP contribution is -2.02. The molecule has 0 aliphatic rings. The van der Waals surface area contributed by atoms with Crippen molar-refractivity contribution in [3.63, 3.8) is 0 Å². The lowest BCUT2D eigenvalue weighted by atomic mass is 10.1. The molecule has 0 aromatic heterocycles. The molecule has 6 heteroatoms. The zero-order valence-corrected chi connectivity index (χ0v) is 18.2. The van der Waals surface area contributed by atoms with E-state index in [1.165, 1.54) is 5.56 Å². The molecule has 0 fully saturated rings. The highest BCUT2D eigenvalue weighted by Gasteiger charge is 2.12. The molecule has 0 saturated carbocycles. The Bertz CT molecular complexity index is 1030. The van der Waals surface area contributed by atoms with E-state index in [-0.39, 0.29) is 5.56 Å². The first-order valence-electron chi connectivity index (χ1n) is 8.89. The van der Waals surface area contributed by atoms with Crippen LogP contribution in [0.25, 0.3) is 0 Å². The van der Waals surface area contributed by atoms with Crippen molar-refractivity contribution in [3.05, 3.63) is 86.5 Å². The van der Waals surface area contributed by atoms with Gasteiger partial charge in [0, 0.05) is 6.21 Å². The fourth-order valence-corrected chi connectivity index (χ4v) is 3.41. The van der Waals surface area contributed by atoms with Crippen molar-refractivity contribution in [2.45, 2.75) is 13.5 Å². The smallest absolute Gasteiger partial charge is 0.335 e. The van der Waals surface area contributed by atoms with Crippen molar-refractivity contribution in [2.24, 2.45) is 4.99 Å². The molecule has 1 N–H and O–H groups in total. The maximum Gasteiger partial charge on any atom is 0.335 e. The number of ether oxygens (including phenoxy) is 2. The normalized spacial score (nSPS) is 10.9. The molecule has 0 saturated heterocycles. The Morgan fingerprint density at radius 1 is 1.10 bits per heavy atom. The van der Waals surface area contributed by atoms with Gasteiger partial charge in [-0.15, -0.1) is 0 Å². The highest BCUT2D eigenvalue weighted by atomic mass is 127. The van der Waals surface area contributed by atoms with E-state index in [0.29, 0.717) is 18.1 Å². The molecule has 3 rings (SSSR count). The number of nitrogens with zero attached hydrogens (tertiary/aromatic N) is 1. The molecule has 0 bridgehead atoms. The number of aliphatic imine (C=N–C) groups is 1. The Balaban J connectivity index is 1.75. The maximum atomic E-state index is 11.0. The van der Waals surface area contributed by atoms with Gasteiger partial charge in [-0.3, -0.25) is 4.99 Å². The van der Waals surface area contributed by atoms with Gasteiger partial charge < -0.3 is 14.6 Å². The summed E-state index contributed by atoms with van der Waals surface area (Å²) in [6, 6.07) is 18.5. The quantitative estimate of drug-likeness (QED) is 0.336. The summed E-state index contributed by atoms with van der Waals surface area (Å²) >= 11 is 2.21. The molecule has 3 aromatic carbocycles. The third-order valence-corrected chi connectivity index (χ3v) is 5.03. The van der Waals surface area contributed by atoms with Crippen molar-refractivity contribution < 1.29 is 19.4 Å². The number of carboxylic acids is 1. The second-order valence-corrected chi connectivity index (χ2v) is 7.58. The topological polar surface area (TPSA) is 68.1 Å². The summed E-state index contributed by atoms with van der Waals surface area (Å²) in [5.41, 5.74) is 4.11. The van der Waals surface area contributed by atoms with Crippen molar-refractivity contribution in [2.75, 3.05) is 7.11 Å². The zero-order chi connectivity index (χ0) is 20.8. The van der Waals surface area contributed by atoms with Gasteiger partial charge in [0.25, 0.3) is 0 Å². The van der Waals surface area contributed by atoms with Crippen LogP contribution in [0.5, 0.6) is 11.5 Å². The zero-order valence-electron chi connectivity index (χ0n) is 16.1. The number of halogens is 1. The van der Waals surface area contributed by atoms with Gasteiger partial charge in [0.1, 0.15) is 6.61 Å². The van der Waals surface area contributed by atoms with Crippen LogP contribution in [0.4, 0.5) is 5.69 Å². The van der Waals surface area contributed by atoms with Crippen LogP contribution in [0.2, 0.25) is 0 Å². The molecule has 0 atom stereocenters. The summed E-state index contributed by atoms with van der Waals surface area (Å²) in [6.45, 7) is 2.35. The first kappa shape index (κ1) is 20.9. The Hall–Kier alpha value is -2.87.